The van der Waals surface area contributed by atoms with E-state index >= 15 is 0 Å². The van der Waals surface area contributed by atoms with Crippen molar-refractivity contribution in [3.05, 3.63) is 10.4 Å². The average molecular weight is 514 g/mol. The van der Waals surface area contributed by atoms with Crippen molar-refractivity contribution in [3.63, 3.8) is 0 Å². The van der Waals surface area contributed by atoms with Crippen molar-refractivity contribution in [2.24, 2.45) is 5.11 Å². The highest BCUT2D eigenvalue weighted by Gasteiger charge is 2.33. The third-order valence-corrected chi connectivity index (χ3v) is 3.79. The van der Waals surface area contributed by atoms with Gasteiger partial charge in [0.1, 0.15) is 35.4 Å². The zero-order chi connectivity index (χ0) is 28.3. The number of ether oxygens (including phenoxy) is 3. The minimum absolute atomic E-state index is 0.151. The lowest BCUT2D eigenvalue weighted by atomic mass is 10.1. The number of carbonyl (C=O) groups is 5. The van der Waals surface area contributed by atoms with E-state index in [0.29, 0.717) is 0 Å². The zero-order valence-corrected chi connectivity index (χ0v) is 22.6. The van der Waals surface area contributed by atoms with Crippen LogP contribution >= 0.6 is 0 Å². The fourth-order valence-electron chi connectivity index (χ4n) is 2.64. The molecule has 204 valence electrons. The van der Waals surface area contributed by atoms with Crippen LogP contribution in [0.25, 0.3) is 10.4 Å². The maximum absolute atomic E-state index is 13.0. The highest BCUT2D eigenvalue weighted by atomic mass is 16.6. The Hall–Kier alpha value is -3.34. The molecule has 0 aliphatic rings. The fraction of sp³-hybridized carbons (Fsp3) is 0.783. The summed E-state index contributed by atoms with van der Waals surface area (Å²) in [5.41, 5.74) is 5.94. The molecule has 0 bridgehead atoms. The van der Waals surface area contributed by atoms with Crippen LogP contribution < -0.4 is 10.6 Å². The highest BCUT2D eigenvalue weighted by Crippen LogP contribution is 2.15. The summed E-state index contributed by atoms with van der Waals surface area (Å²) in [4.78, 5) is 64.9. The number of rotatable bonds is 11. The maximum atomic E-state index is 13.0. The van der Waals surface area contributed by atoms with Crippen molar-refractivity contribution in [2.45, 2.75) is 110 Å². The van der Waals surface area contributed by atoms with E-state index in [1.165, 1.54) is 0 Å². The van der Waals surface area contributed by atoms with Crippen molar-refractivity contribution < 1.29 is 38.2 Å². The van der Waals surface area contributed by atoms with E-state index in [9.17, 15) is 24.0 Å². The standard InChI is InChI=1S/C23H39N5O8/c1-21(2,3)34-17(30)11-10-14(20(33)36-23(7,8)9)27-19(32)15(26-16(29)13-25-28-24)12-18(31)35-22(4,5)6/h14-15H,10-13H2,1-9H3,(H,26,29)(H,27,32). The summed E-state index contributed by atoms with van der Waals surface area (Å²) in [6.07, 6.45) is -0.916. The van der Waals surface area contributed by atoms with Crippen LogP contribution in [0.4, 0.5) is 0 Å². The van der Waals surface area contributed by atoms with Gasteiger partial charge in [-0.25, -0.2) is 4.79 Å². The third kappa shape index (κ3) is 16.3. The Morgan fingerprint density at radius 1 is 0.778 bits per heavy atom. The second-order valence-corrected chi connectivity index (χ2v) is 11.0. The number of esters is 3. The van der Waals surface area contributed by atoms with Gasteiger partial charge in [-0.3, -0.25) is 19.2 Å². The van der Waals surface area contributed by atoms with Crippen molar-refractivity contribution in [1.29, 1.82) is 0 Å². The molecule has 0 saturated heterocycles. The molecule has 0 radical (unpaired) electrons. The topological polar surface area (TPSA) is 186 Å². The average Bonchev–Trinajstić information content (AvgIpc) is 2.64. The van der Waals surface area contributed by atoms with Crippen LogP contribution in [0.3, 0.4) is 0 Å². The molecule has 0 aromatic heterocycles. The first-order valence-corrected chi connectivity index (χ1v) is 11.5. The summed E-state index contributed by atoms with van der Waals surface area (Å²) < 4.78 is 15.8. The summed E-state index contributed by atoms with van der Waals surface area (Å²) in [6, 6.07) is -2.73. The predicted molar refractivity (Wildman–Crippen MR) is 129 cm³/mol. The highest BCUT2D eigenvalue weighted by molar-refractivity contribution is 5.93. The van der Waals surface area contributed by atoms with Crippen LogP contribution in [0.1, 0.15) is 81.6 Å². The monoisotopic (exact) mass is 513 g/mol. The van der Waals surface area contributed by atoms with Gasteiger partial charge in [0.05, 0.1) is 6.42 Å². The molecule has 0 saturated carbocycles. The van der Waals surface area contributed by atoms with Crippen LogP contribution in [-0.2, 0) is 38.2 Å². The lowest BCUT2D eigenvalue weighted by molar-refractivity contribution is -0.160. The molecule has 2 amide bonds. The second kappa shape index (κ2) is 13.7. The van der Waals surface area contributed by atoms with Gasteiger partial charge in [0.25, 0.3) is 0 Å². The number of azide groups is 1. The summed E-state index contributed by atoms with van der Waals surface area (Å²) in [6.45, 7) is 14.3. The molecule has 0 aromatic rings. The number of hydrogen-bond acceptors (Lipinski definition) is 9. The van der Waals surface area contributed by atoms with Gasteiger partial charge in [-0.05, 0) is 74.3 Å². The Morgan fingerprint density at radius 3 is 1.75 bits per heavy atom. The molecule has 0 fully saturated rings. The molecule has 0 aliphatic carbocycles. The molecule has 13 heteroatoms. The van der Waals surface area contributed by atoms with Gasteiger partial charge in [0, 0.05) is 11.3 Å². The number of hydrogen-bond donors (Lipinski definition) is 2. The fourth-order valence-corrected chi connectivity index (χ4v) is 2.64. The van der Waals surface area contributed by atoms with E-state index in [0.717, 1.165) is 0 Å². The molecule has 13 nitrogen and oxygen atoms in total. The molecule has 2 atom stereocenters. The summed E-state index contributed by atoms with van der Waals surface area (Å²) in [5.74, 6) is -3.89. The minimum Gasteiger partial charge on any atom is -0.460 e. The van der Waals surface area contributed by atoms with E-state index in [2.05, 4.69) is 20.7 Å². The maximum Gasteiger partial charge on any atom is 0.329 e. The Morgan fingerprint density at radius 2 is 1.28 bits per heavy atom. The summed E-state index contributed by atoms with van der Waals surface area (Å²) in [5, 5.41) is 7.86. The van der Waals surface area contributed by atoms with Gasteiger partial charge in [-0.15, -0.1) is 0 Å². The van der Waals surface area contributed by atoms with Gasteiger partial charge in [0.2, 0.25) is 11.8 Å². The Balaban J connectivity index is 5.73. The van der Waals surface area contributed by atoms with Crippen molar-refractivity contribution in [1.82, 2.24) is 10.6 Å². The summed E-state index contributed by atoms with van der Waals surface area (Å²) >= 11 is 0. The number of carbonyl (C=O) groups excluding carboxylic acids is 5. The normalized spacial score (nSPS) is 13.4. The Labute approximate surface area is 211 Å². The minimum atomic E-state index is -1.45. The number of amides is 2. The van der Waals surface area contributed by atoms with Crippen LogP contribution in [0.15, 0.2) is 5.11 Å². The largest absolute Gasteiger partial charge is 0.460 e. The van der Waals surface area contributed by atoms with Gasteiger partial charge in [0.15, 0.2) is 0 Å². The molecule has 2 unspecified atom stereocenters. The Bertz CT molecular complexity index is 861. The van der Waals surface area contributed by atoms with Crippen molar-refractivity contribution in [3.8, 4) is 0 Å². The van der Waals surface area contributed by atoms with E-state index in [1.807, 2.05) is 0 Å². The molecule has 36 heavy (non-hydrogen) atoms. The number of nitrogens with zero attached hydrogens (tertiary/aromatic N) is 3. The van der Waals surface area contributed by atoms with E-state index in [4.69, 9.17) is 19.7 Å². The van der Waals surface area contributed by atoms with Gasteiger partial charge in [-0.1, -0.05) is 5.11 Å². The van der Waals surface area contributed by atoms with Crippen molar-refractivity contribution >= 4 is 29.7 Å². The molecule has 0 aromatic carbocycles. The molecular formula is C23H39N5O8. The molecule has 0 rings (SSSR count). The van der Waals surface area contributed by atoms with Crippen LogP contribution in [-0.4, -0.2) is 65.2 Å². The van der Waals surface area contributed by atoms with Crippen molar-refractivity contribution in [2.75, 3.05) is 6.54 Å². The van der Waals surface area contributed by atoms with Gasteiger partial charge < -0.3 is 24.8 Å². The first kappa shape index (κ1) is 32.7. The lowest BCUT2D eigenvalue weighted by Crippen LogP contribution is -2.53. The zero-order valence-electron chi connectivity index (χ0n) is 22.6. The molecular weight excluding hydrogens is 474 g/mol. The third-order valence-electron chi connectivity index (χ3n) is 3.79. The van der Waals surface area contributed by atoms with E-state index < -0.39 is 71.6 Å². The van der Waals surface area contributed by atoms with Gasteiger partial charge in [-0.2, -0.15) is 0 Å². The Kier molecular flexibility index (Phi) is 12.4. The van der Waals surface area contributed by atoms with Crippen LogP contribution in [0, 0.1) is 0 Å². The first-order valence-electron chi connectivity index (χ1n) is 11.5. The number of nitrogens with one attached hydrogen (secondary N) is 2. The summed E-state index contributed by atoms with van der Waals surface area (Å²) in [7, 11) is 0. The molecule has 2 N–H and O–H groups in total. The second-order valence-electron chi connectivity index (χ2n) is 11.0. The van der Waals surface area contributed by atoms with Gasteiger partial charge >= 0.3 is 17.9 Å². The predicted octanol–water partition coefficient (Wildman–Crippen LogP) is 2.46. The lowest BCUT2D eigenvalue weighted by Gasteiger charge is -2.27. The quantitative estimate of drug-likeness (QED) is 0.139. The molecule has 0 aliphatic heterocycles. The molecule has 0 heterocycles. The first-order chi connectivity index (χ1) is 16.2. The van der Waals surface area contributed by atoms with Crippen LogP contribution in [0.2, 0.25) is 0 Å². The van der Waals surface area contributed by atoms with E-state index in [1.54, 1.807) is 62.3 Å². The van der Waals surface area contributed by atoms with E-state index in [-0.39, 0.29) is 12.8 Å². The molecule has 0 spiro atoms. The SMILES string of the molecule is CC(C)(C)OC(=O)CCC(NC(=O)C(CC(=O)OC(C)(C)C)NC(=O)CN=[N+]=[N-])C(=O)OC(C)(C)C. The smallest absolute Gasteiger partial charge is 0.329 e. The van der Waals surface area contributed by atoms with Crippen LogP contribution in [0.5, 0.6) is 0 Å².